The third-order valence-corrected chi connectivity index (χ3v) is 3.31. The minimum Gasteiger partial charge on any atom is -0.398 e. The molecular weight excluding hydrogens is 263 g/mol. The summed E-state index contributed by atoms with van der Waals surface area (Å²) in [6.07, 6.45) is 1.95. The molecule has 0 fully saturated rings. The van der Waals surface area contributed by atoms with Crippen molar-refractivity contribution in [2.45, 2.75) is 4.90 Å². The molecule has 0 aliphatic heterocycles. The lowest BCUT2D eigenvalue weighted by Gasteiger charge is -2.08. The van der Waals surface area contributed by atoms with Gasteiger partial charge in [0.1, 0.15) is 5.82 Å². The van der Waals surface area contributed by atoms with Crippen molar-refractivity contribution in [2.24, 2.45) is 0 Å². The first-order valence-corrected chi connectivity index (χ1v) is 6.83. The zero-order valence-electron chi connectivity index (χ0n) is 10.3. The molecule has 0 spiro atoms. The lowest BCUT2D eigenvalue weighted by molar-refractivity contribution is 0.102. The van der Waals surface area contributed by atoms with Gasteiger partial charge in [0.05, 0.1) is 5.56 Å². The van der Waals surface area contributed by atoms with Crippen LogP contribution in [0.2, 0.25) is 0 Å². The van der Waals surface area contributed by atoms with Crippen LogP contribution in [0.5, 0.6) is 0 Å². The molecule has 2 rings (SSSR count). The summed E-state index contributed by atoms with van der Waals surface area (Å²) in [5.41, 5.74) is 6.71. The van der Waals surface area contributed by atoms with Gasteiger partial charge in [-0.3, -0.25) is 4.79 Å². The predicted octanol–water partition coefficient (Wildman–Crippen LogP) is 3.38. The van der Waals surface area contributed by atoms with Gasteiger partial charge in [-0.2, -0.15) is 0 Å². The Balaban J connectivity index is 2.23. The largest absolute Gasteiger partial charge is 0.398 e. The lowest BCUT2D eigenvalue weighted by Crippen LogP contribution is -2.14. The van der Waals surface area contributed by atoms with Crippen LogP contribution in [0.3, 0.4) is 0 Å². The Morgan fingerprint density at radius 3 is 2.79 bits per heavy atom. The molecule has 2 aromatic rings. The lowest BCUT2D eigenvalue weighted by atomic mass is 10.1. The average Bonchev–Trinajstić information content (AvgIpc) is 2.41. The third kappa shape index (κ3) is 3.26. The number of carbonyl (C=O) groups excluding carboxylic acids is 1. The smallest absolute Gasteiger partial charge is 0.257 e. The molecule has 0 unspecified atom stereocenters. The number of anilines is 2. The second-order valence-electron chi connectivity index (χ2n) is 3.92. The van der Waals surface area contributed by atoms with E-state index in [2.05, 4.69) is 5.32 Å². The summed E-state index contributed by atoms with van der Waals surface area (Å²) in [6, 6.07) is 11.1. The van der Waals surface area contributed by atoms with Crippen molar-refractivity contribution in [3.63, 3.8) is 0 Å². The minimum atomic E-state index is -0.489. The topological polar surface area (TPSA) is 55.1 Å². The molecule has 1 amide bonds. The second kappa shape index (κ2) is 5.75. The molecule has 0 bridgehead atoms. The van der Waals surface area contributed by atoms with Crippen LogP contribution in [0.15, 0.2) is 47.4 Å². The second-order valence-corrected chi connectivity index (χ2v) is 4.80. The Labute approximate surface area is 115 Å². The molecular formula is C14H13FN2OS. The molecule has 0 aliphatic carbocycles. The molecule has 0 heterocycles. The number of hydrogen-bond donors (Lipinski definition) is 2. The Morgan fingerprint density at radius 1 is 1.26 bits per heavy atom. The van der Waals surface area contributed by atoms with Gasteiger partial charge in [0, 0.05) is 16.3 Å². The molecule has 19 heavy (non-hydrogen) atoms. The highest BCUT2D eigenvalue weighted by atomic mass is 32.2. The summed E-state index contributed by atoms with van der Waals surface area (Å²) < 4.78 is 13.1. The molecule has 0 saturated carbocycles. The van der Waals surface area contributed by atoms with Gasteiger partial charge in [-0.25, -0.2) is 4.39 Å². The number of nitrogens with two attached hydrogens (primary N) is 1. The Morgan fingerprint density at radius 2 is 2.05 bits per heavy atom. The van der Waals surface area contributed by atoms with Gasteiger partial charge in [-0.1, -0.05) is 6.07 Å². The molecule has 3 N–H and O–H groups in total. The third-order valence-electron chi connectivity index (χ3n) is 2.59. The monoisotopic (exact) mass is 276 g/mol. The van der Waals surface area contributed by atoms with E-state index in [1.165, 1.54) is 12.1 Å². The fourth-order valence-corrected chi connectivity index (χ4v) is 2.08. The van der Waals surface area contributed by atoms with E-state index in [0.717, 1.165) is 11.0 Å². The molecule has 0 radical (unpaired) electrons. The quantitative estimate of drug-likeness (QED) is 0.667. The highest BCUT2D eigenvalue weighted by Crippen LogP contribution is 2.20. The van der Waals surface area contributed by atoms with E-state index >= 15 is 0 Å². The number of thioether (sulfide) groups is 1. The van der Waals surface area contributed by atoms with E-state index in [4.69, 9.17) is 5.73 Å². The maximum Gasteiger partial charge on any atom is 0.257 e. The predicted molar refractivity (Wildman–Crippen MR) is 77.0 cm³/mol. The average molecular weight is 276 g/mol. The first-order chi connectivity index (χ1) is 9.10. The van der Waals surface area contributed by atoms with Gasteiger partial charge in [-0.15, -0.1) is 11.8 Å². The number of benzene rings is 2. The van der Waals surface area contributed by atoms with E-state index in [1.807, 2.05) is 24.5 Å². The number of nitrogens with one attached hydrogen (secondary N) is 1. The van der Waals surface area contributed by atoms with Crippen LogP contribution in [0.25, 0.3) is 0 Å². The van der Waals surface area contributed by atoms with Gasteiger partial charge in [0.25, 0.3) is 5.91 Å². The van der Waals surface area contributed by atoms with Crippen molar-refractivity contribution in [1.82, 2.24) is 0 Å². The van der Waals surface area contributed by atoms with Gasteiger partial charge in [0.2, 0.25) is 0 Å². The number of hydrogen-bond acceptors (Lipinski definition) is 3. The Hall–Kier alpha value is -2.01. The van der Waals surface area contributed by atoms with E-state index in [-0.39, 0.29) is 11.3 Å². The van der Waals surface area contributed by atoms with Crippen LogP contribution in [-0.4, -0.2) is 12.2 Å². The van der Waals surface area contributed by atoms with Crippen LogP contribution in [0, 0.1) is 5.82 Å². The SMILES string of the molecule is CSc1cccc(NC(=O)c2cc(F)ccc2N)c1. The van der Waals surface area contributed by atoms with Crippen molar-refractivity contribution < 1.29 is 9.18 Å². The van der Waals surface area contributed by atoms with Crippen LogP contribution >= 0.6 is 11.8 Å². The molecule has 3 nitrogen and oxygen atoms in total. The fraction of sp³-hybridized carbons (Fsp3) is 0.0714. The fourth-order valence-electron chi connectivity index (χ4n) is 1.62. The normalized spacial score (nSPS) is 10.2. The summed E-state index contributed by atoms with van der Waals surface area (Å²) in [4.78, 5) is 13.1. The van der Waals surface area contributed by atoms with E-state index in [0.29, 0.717) is 5.69 Å². The molecule has 0 aliphatic rings. The maximum absolute atomic E-state index is 13.1. The van der Waals surface area contributed by atoms with Crippen LogP contribution < -0.4 is 11.1 Å². The Bertz CT molecular complexity index is 616. The van der Waals surface area contributed by atoms with Gasteiger partial charge < -0.3 is 11.1 Å². The zero-order chi connectivity index (χ0) is 13.8. The summed E-state index contributed by atoms with van der Waals surface area (Å²) in [5, 5.41) is 2.70. The van der Waals surface area contributed by atoms with Crippen molar-refractivity contribution >= 4 is 29.0 Å². The minimum absolute atomic E-state index is 0.134. The molecule has 2 aromatic carbocycles. The van der Waals surface area contributed by atoms with Crippen LogP contribution in [-0.2, 0) is 0 Å². The molecule has 0 atom stereocenters. The highest BCUT2D eigenvalue weighted by Gasteiger charge is 2.11. The molecule has 5 heteroatoms. The van der Waals surface area contributed by atoms with Crippen LogP contribution in [0.1, 0.15) is 10.4 Å². The van der Waals surface area contributed by atoms with Crippen molar-refractivity contribution in [1.29, 1.82) is 0 Å². The number of amides is 1. The van der Waals surface area contributed by atoms with Gasteiger partial charge in [0.15, 0.2) is 0 Å². The number of rotatable bonds is 3. The number of nitrogen functional groups attached to an aromatic ring is 1. The first kappa shape index (κ1) is 13.4. The van der Waals surface area contributed by atoms with E-state index in [9.17, 15) is 9.18 Å². The molecule has 0 aromatic heterocycles. The van der Waals surface area contributed by atoms with E-state index < -0.39 is 11.7 Å². The van der Waals surface area contributed by atoms with Crippen LogP contribution in [0.4, 0.5) is 15.8 Å². The summed E-state index contributed by atoms with van der Waals surface area (Å²) in [5.74, 6) is -0.910. The number of carbonyl (C=O) groups is 1. The van der Waals surface area contributed by atoms with Gasteiger partial charge in [-0.05, 0) is 42.7 Å². The summed E-state index contributed by atoms with van der Waals surface area (Å²) in [6.45, 7) is 0. The molecule has 0 saturated heterocycles. The highest BCUT2D eigenvalue weighted by molar-refractivity contribution is 7.98. The standard InChI is InChI=1S/C14H13FN2OS/c1-19-11-4-2-3-10(8-11)17-14(18)12-7-9(15)5-6-13(12)16/h2-8H,16H2,1H3,(H,17,18). The first-order valence-electron chi connectivity index (χ1n) is 5.60. The van der Waals surface area contributed by atoms with Crippen molar-refractivity contribution in [3.8, 4) is 0 Å². The van der Waals surface area contributed by atoms with E-state index in [1.54, 1.807) is 17.8 Å². The Kier molecular flexibility index (Phi) is 4.06. The van der Waals surface area contributed by atoms with Gasteiger partial charge >= 0.3 is 0 Å². The summed E-state index contributed by atoms with van der Waals surface area (Å²) in [7, 11) is 0. The zero-order valence-corrected chi connectivity index (χ0v) is 11.1. The maximum atomic E-state index is 13.1. The van der Waals surface area contributed by atoms with Crippen molar-refractivity contribution in [2.75, 3.05) is 17.3 Å². The summed E-state index contributed by atoms with van der Waals surface area (Å²) >= 11 is 1.58. The molecule has 98 valence electrons. The van der Waals surface area contributed by atoms with Crippen molar-refractivity contribution in [3.05, 3.63) is 53.8 Å². The number of halogens is 1.